The third kappa shape index (κ3) is 4.04. The molecule has 4 nitrogen and oxygen atoms in total. The molecule has 1 aromatic carbocycles. The van der Waals surface area contributed by atoms with Crippen molar-refractivity contribution in [2.24, 2.45) is 0 Å². The van der Waals surface area contributed by atoms with Crippen molar-refractivity contribution in [3.63, 3.8) is 0 Å². The van der Waals surface area contributed by atoms with Crippen LogP contribution in [0.3, 0.4) is 0 Å². The third-order valence-corrected chi connectivity index (χ3v) is 3.89. The average Bonchev–Trinajstić information content (AvgIpc) is 2.84. The molecule has 0 aliphatic carbocycles. The number of nitrogens with one attached hydrogen (secondary N) is 1. The van der Waals surface area contributed by atoms with E-state index in [0.29, 0.717) is 11.0 Å². The zero-order valence-corrected chi connectivity index (χ0v) is 13.5. The fraction of sp³-hybridized carbons (Fsp3) is 0.375. The molecular weight excluding hydrogens is 284 g/mol. The Morgan fingerprint density at radius 1 is 1.29 bits per heavy atom. The second kappa shape index (κ2) is 6.72. The van der Waals surface area contributed by atoms with E-state index in [4.69, 9.17) is 4.74 Å². The van der Waals surface area contributed by atoms with Gasteiger partial charge >= 0.3 is 0 Å². The van der Waals surface area contributed by atoms with Crippen LogP contribution in [0.1, 0.15) is 37.1 Å². The summed E-state index contributed by atoms with van der Waals surface area (Å²) in [7, 11) is 0. The summed E-state index contributed by atoms with van der Waals surface area (Å²) < 4.78 is 5.81. The van der Waals surface area contributed by atoms with Crippen molar-refractivity contribution in [2.75, 3.05) is 5.32 Å². The maximum Gasteiger partial charge on any atom is 0.266 e. The van der Waals surface area contributed by atoms with Crippen LogP contribution in [0.15, 0.2) is 30.5 Å². The monoisotopic (exact) mass is 304 g/mol. The zero-order valence-electron chi connectivity index (χ0n) is 12.7. The van der Waals surface area contributed by atoms with E-state index >= 15 is 0 Å². The van der Waals surface area contributed by atoms with Crippen LogP contribution in [0.4, 0.5) is 5.13 Å². The maximum atomic E-state index is 12.1. The molecule has 0 saturated carbocycles. The number of para-hydroxylation sites is 1. The van der Waals surface area contributed by atoms with Gasteiger partial charge in [0.1, 0.15) is 5.75 Å². The number of nitrogens with zero attached hydrogens (tertiary/aromatic N) is 1. The van der Waals surface area contributed by atoms with E-state index in [0.717, 1.165) is 16.2 Å². The molecule has 2 aromatic rings. The Balaban J connectivity index is 2.04. The van der Waals surface area contributed by atoms with Gasteiger partial charge in [0.15, 0.2) is 11.2 Å². The van der Waals surface area contributed by atoms with E-state index in [-0.39, 0.29) is 5.91 Å². The topological polar surface area (TPSA) is 51.2 Å². The quantitative estimate of drug-likeness (QED) is 0.909. The molecule has 5 heteroatoms. The summed E-state index contributed by atoms with van der Waals surface area (Å²) in [5, 5.41) is 3.38. The molecule has 1 amide bonds. The van der Waals surface area contributed by atoms with E-state index in [9.17, 15) is 4.79 Å². The lowest BCUT2D eigenvalue weighted by Crippen LogP contribution is -2.30. The van der Waals surface area contributed by atoms with Gasteiger partial charge in [-0.3, -0.25) is 10.1 Å². The van der Waals surface area contributed by atoms with Gasteiger partial charge in [-0.05, 0) is 31.4 Å². The van der Waals surface area contributed by atoms with Gasteiger partial charge in [-0.15, -0.1) is 11.3 Å². The molecule has 0 aliphatic heterocycles. The van der Waals surface area contributed by atoms with E-state index in [1.165, 1.54) is 11.3 Å². The largest absolute Gasteiger partial charge is 0.481 e. The standard InChI is InChI=1S/C16H20N2O2S/c1-10(2)13-7-5-6-8-14(13)20-12(4)15(19)18-16-17-9-11(3)21-16/h5-10,12H,1-4H3,(H,17,18,19)/t12-/m1/s1. The minimum atomic E-state index is -0.575. The Kier molecular flexibility index (Phi) is 4.96. The van der Waals surface area contributed by atoms with Gasteiger partial charge < -0.3 is 4.74 Å². The Morgan fingerprint density at radius 3 is 2.62 bits per heavy atom. The smallest absolute Gasteiger partial charge is 0.266 e. The molecule has 0 bridgehead atoms. The molecule has 0 unspecified atom stereocenters. The molecule has 0 aliphatic rings. The lowest BCUT2D eigenvalue weighted by molar-refractivity contribution is -0.122. The van der Waals surface area contributed by atoms with Gasteiger partial charge in [-0.25, -0.2) is 4.98 Å². The summed E-state index contributed by atoms with van der Waals surface area (Å²) in [5.74, 6) is 0.909. The Labute approximate surface area is 129 Å². The average molecular weight is 304 g/mol. The number of thiazole rings is 1. The van der Waals surface area contributed by atoms with Crippen LogP contribution in [-0.4, -0.2) is 17.0 Å². The number of carbonyl (C=O) groups is 1. The number of hydrogen-bond acceptors (Lipinski definition) is 4. The zero-order chi connectivity index (χ0) is 15.4. The summed E-state index contributed by atoms with van der Waals surface area (Å²) in [6.45, 7) is 7.90. The van der Waals surface area contributed by atoms with Crippen molar-refractivity contribution in [3.05, 3.63) is 40.9 Å². The predicted molar refractivity (Wildman–Crippen MR) is 86.1 cm³/mol. The molecule has 0 fully saturated rings. The number of rotatable bonds is 5. The first kappa shape index (κ1) is 15.5. The van der Waals surface area contributed by atoms with E-state index in [2.05, 4.69) is 24.1 Å². The first-order valence-corrected chi connectivity index (χ1v) is 7.78. The Hall–Kier alpha value is -1.88. The fourth-order valence-corrected chi connectivity index (χ4v) is 2.60. The number of benzene rings is 1. The highest BCUT2D eigenvalue weighted by atomic mass is 32.1. The number of hydrogen-bond donors (Lipinski definition) is 1. The third-order valence-electron chi connectivity index (χ3n) is 3.07. The van der Waals surface area contributed by atoms with Gasteiger partial charge in [0.05, 0.1) is 0 Å². The second-order valence-corrected chi connectivity index (χ2v) is 6.45. The minimum absolute atomic E-state index is 0.192. The summed E-state index contributed by atoms with van der Waals surface area (Å²) in [5.41, 5.74) is 1.10. The molecular formula is C16H20N2O2S. The second-order valence-electron chi connectivity index (χ2n) is 5.22. The van der Waals surface area contributed by atoms with Crippen LogP contribution in [0.5, 0.6) is 5.75 Å². The molecule has 1 atom stereocenters. The number of ether oxygens (including phenoxy) is 1. The summed E-state index contributed by atoms with van der Waals surface area (Å²) in [4.78, 5) is 17.3. The lowest BCUT2D eigenvalue weighted by Gasteiger charge is -2.18. The van der Waals surface area contributed by atoms with Crippen molar-refractivity contribution in [3.8, 4) is 5.75 Å². The summed E-state index contributed by atoms with van der Waals surface area (Å²) in [6.07, 6.45) is 1.16. The van der Waals surface area contributed by atoms with E-state index in [1.54, 1.807) is 13.1 Å². The van der Waals surface area contributed by atoms with Gasteiger partial charge in [-0.2, -0.15) is 0 Å². The molecule has 0 radical (unpaired) electrons. The Bertz CT molecular complexity index is 622. The van der Waals surface area contributed by atoms with E-state index in [1.807, 2.05) is 31.2 Å². The lowest BCUT2D eigenvalue weighted by atomic mass is 10.0. The number of carbonyl (C=O) groups excluding carboxylic acids is 1. The van der Waals surface area contributed by atoms with Crippen LogP contribution >= 0.6 is 11.3 Å². The highest BCUT2D eigenvalue weighted by Gasteiger charge is 2.18. The molecule has 1 aromatic heterocycles. The van der Waals surface area contributed by atoms with Crippen LogP contribution < -0.4 is 10.1 Å². The molecule has 21 heavy (non-hydrogen) atoms. The van der Waals surface area contributed by atoms with Crippen LogP contribution in [0, 0.1) is 6.92 Å². The molecule has 0 saturated heterocycles. The van der Waals surface area contributed by atoms with Crippen molar-refractivity contribution in [2.45, 2.75) is 39.7 Å². The Morgan fingerprint density at radius 2 is 2.00 bits per heavy atom. The molecule has 0 spiro atoms. The fourth-order valence-electron chi connectivity index (χ4n) is 1.93. The van der Waals surface area contributed by atoms with Gasteiger partial charge in [0, 0.05) is 11.1 Å². The van der Waals surface area contributed by atoms with Crippen LogP contribution in [-0.2, 0) is 4.79 Å². The highest BCUT2D eigenvalue weighted by Crippen LogP contribution is 2.27. The normalized spacial score (nSPS) is 12.2. The number of anilines is 1. The van der Waals surface area contributed by atoms with Crippen LogP contribution in [0.25, 0.3) is 0 Å². The number of amides is 1. The van der Waals surface area contributed by atoms with Gasteiger partial charge in [0.2, 0.25) is 0 Å². The first-order valence-electron chi connectivity index (χ1n) is 6.96. The molecule has 112 valence electrons. The molecule has 1 N–H and O–H groups in total. The van der Waals surface area contributed by atoms with Gasteiger partial charge in [-0.1, -0.05) is 32.0 Å². The molecule has 1 heterocycles. The number of aromatic nitrogens is 1. The van der Waals surface area contributed by atoms with Gasteiger partial charge in [0.25, 0.3) is 5.91 Å². The predicted octanol–water partition coefficient (Wildman–Crippen LogP) is 3.98. The van der Waals surface area contributed by atoms with E-state index < -0.39 is 6.10 Å². The number of aryl methyl sites for hydroxylation is 1. The maximum absolute atomic E-state index is 12.1. The van der Waals surface area contributed by atoms with Crippen molar-refractivity contribution in [1.82, 2.24) is 4.98 Å². The highest BCUT2D eigenvalue weighted by molar-refractivity contribution is 7.15. The van der Waals surface area contributed by atoms with Crippen LogP contribution in [0.2, 0.25) is 0 Å². The van der Waals surface area contributed by atoms with Crippen molar-refractivity contribution in [1.29, 1.82) is 0 Å². The summed E-state index contributed by atoms with van der Waals surface area (Å²) in [6, 6.07) is 7.81. The SMILES string of the molecule is Cc1cnc(NC(=O)[C@@H](C)Oc2ccccc2C(C)C)s1. The van der Waals surface area contributed by atoms with Crippen molar-refractivity contribution >= 4 is 22.4 Å². The molecule has 2 rings (SSSR count). The first-order chi connectivity index (χ1) is 9.97. The minimum Gasteiger partial charge on any atom is -0.481 e. The summed E-state index contributed by atoms with van der Waals surface area (Å²) >= 11 is 1.45. The van der Waals surface area contributed by atoms with Crippen molar-refractivity contribution < 1.29 is 9.53 Å².